The number of nitrogens with zero attached hydrogens (tertiary/aromatic N) is 1. The molecule has 4 rings (SSSR count). The highest BCUT2D eigenvalue weighted by Crippen LogP contribution is 2.39. The minimum Gasteiger partial charge on any atom is -0.457 e. The Labute approximate surface area is 177 Å². The molecular formula is C22H19ClN2O5. The molecule has 0 bridgehead atoms. The first-order chi connectivity index (χ1) is 14.6. The van der Waals surface area contributed by atoms with Crippen LogP contribution in [0.15, 0.2) is 48.7 Å². The lowest BCUT2D eigenvalue weighted by atomic mass is 10.1. The van der Waals surface area contributed by atoms with Crippen LogP contribution in [0.5, 0.6) is 17.4 Å². The molecule has 0 spiro atoms. The normalized spacial score (nSPS) is 11.0. The number of hydrogen-bond donors (Lipinski definition) is 1. The number of pyridine rings is 1. The largest absolute Gasteiger partial charge is 0.515 e. The zero-order chi connectivity index (χ0) is 21.1. The van der Waals surface area contributed by atoms with Crippen LogP contribution in [0.25, 0.3) is 21.8 Å². The van der Waals surface area contributed by atoms with E-state index in [0.29, 0.717) is 22.1 Å². The van der Waals surface area contributed by atoms with Crippen LogP contribution in [0.4, 0.5) is 4.79 Å². The van der Waals surface area contributed by atoms with Crippen LogP contribution in [0.1, 0.15) is 12.5 Å². The van der Waals surface area contributed by atoms with Crippen molar-refractivity contribution in [3.05, 3.63) is 59.2 Å². The smallest absolute Gasteiger partial charge is 0.457 e. The van der Waals surface area contributed by atoms with Crippen molar-refractivity contribution < 1.29 is 23.7 Å². The van der Waals surface area contributed by atoms with Gasteiger partial charge < -0.3 is 23.9 Å². The van der Waals surface area contributed by atoms with E-state index in [4.69, 9.17) is 30.5 Å². The molecule has 0 saturated heterocycles. The summed E-state index contributed by atoms with van der Waals surface area (Å²) in [6.45, 7) is 2.08. The maximum atomic E-state index is 11.9. The number of carbonyl (C=O) groups is 1. The standard InChI is InChI=1S/C22H19ClN2O5/c1-3-28-22(26)30-21-15(12-27-2)19-17(11-24-21)25-16-8-5-9-18(20(16)19)29-14-7-4-6-13(23)10-14/h4-11,25H,3,12H2,1-2H3. The molecule has 2 aromatic heterocycles. The lowest BCUT2D eigenvalue weighted by Gasteiger charge is -2.11. The Balaban J connectivity index is 1.90. The van der Waals surface area contributed by atoms with Gasteiger partial charge in [0.1, 0.15) is 11.5 Å². The van der Waals surface area contributed by atoms with Crippen molar-refractivity contribution in [1.29, 1.82) is 0 Å². The van der Waals surface area contributed by atoms with Gasteiger partial charge in [-0.15, -0.1) is 0 Å². The molecule has 0 aliphatic rings. The number of fused-ring (bicyclic) bond motifs is 3. The highest BCUT2D eigenvalue weighted by molar-refractivity contribution is 6.30. The van der Waals surface area contributed by atoms with Gasteiger partial charge in [-0.25, -0.2) is 9.78 Å². The second-order valence-corrected chi connectivity index (χ2v) is 6.85. The molecular weight excluding hydrogens is 408 g/mol. The van der Waals surface area contributed by atoms with Gasteiger partial charge in [-0.3, -0.25) is 0 Å². The number of aromatic amines is 1. The molecule has 30 heavy (non-hydrogen) atoms. The van der Waals surface area contributed by atoms with E-state index >= 15 is 0 Å². The van der Waals surface area contributed by atoms with Crippen molar-refractivity contribution in [2.24, 2.45) is 0 Å². The van der Waals surface area contributed by atoms with Gasteiger partial charge >= 0.3 is 6.16 Å². The van der Waals surface area contributed by atoms with Crippen molar-refractivity contribution in [2.75, 3.05) is 13.7 Å². The Morgan fingerprint density at radius 3 is 2.73 bits per heavy atom. The Morgan fingerprint density at radius 1 is 1.13 bits per heavy atom. The molecule has 0 unspecified atom stereocenters. The summed E-state index contributed by atoms with van der Waals surface area (Å²) < 4.78 is 21.7. The fourth-order valence-electron chi connectivity index (χ4n) is 3.29. The van der Waals surface area contributed by atoms with Crippen LogP contribution in [0.3, 0.4) is 0 Å². The fraction of sp³-hybridized carbons (Fsp3) is 0.182. The number of carbonyl (C=O) groups excluding carboxylic acids is 1. The summed E-state index contributed by atoms with van der Waals surface area (Å²) in [4.78, 5) is 19.5. The molecule has 2 aromatic carbocycles. The number of hydrogen-bond acceptors (Lipinski definition) is 6. The molecule has 0 atom stereocenters. The SMILES string of the molecule is CCOC(=O)Oc1ncc2[nH]c3cccc(Oc4cccc(Cl)c4)c3c2c1COC. The zero-order valence-electron chi connectivity index (χ0n) is 16.4. The highest BCUT2D eigenvalue weighted by atomic mass is 35.5. The Kier molecular flexibility index (Phi) is 5.74. The molecule has 0 saturated carbocycles. The third-order valence-electron chi connectivity index (χ3n) is 4.44. The number of ether oxygens (including phenoxy) is 4. The van der Waals surface area contributed by atoms with Crippen LogP contribution in [-0.4, -0.2) is 29.8 Å². The van der Waals surface area contributed by atoms with E-state index < -0.39 is 6.16 Å². The van der Waals surface area contributed by atoms with Gasteiger partial charge in [-0.1, -0.05) is 23.7 Å². The van der Waals surface area contributed by atoms with E-state index in [1.54, 1.807) is 32.4 Å². The summed E-state index contributed by atoms with van der Waals surface area (Å²) in [6, 6.07) is 12.8. The van der Waals surface area contributed by atoms with Crippen molar-refractivity contribution in [2.45, 2.75) is 13.5 Å². The molecule has 0 fully saturated rings. The van der Waals surface area contributed by atoms with Gasteiger partial charge in [0.25, 0.3) is 0 Å². The summed E-state index contributed by atoms with van der Waals surface area (Å²) in [5, 5.41) is 2.18. The van der Waals surface area contributed by atoms with E-state index in [9.17, 15) is 4.79 Å². The zero-order valence-corrected chi connectivity index (χ0v) is 17.2. The molecule has 2 heterocycles. The summed E-state index contributed by atoms with van der Waals surface area (Å²) in [6.07, 6.45) is 0.781. The molecule has 0 radical (unpaired) electrons. The molecule has 0 amide bonds. The van der Waals surface area contributed by atoms with Gasteiger partial charge in [-0.2, -0.15) is 0 Å². The highest BCUT2D eigenvalue weighted by Gasteiger charge is 2.20. The van der Waals surface area contributed by atoms with E-state index in [2.05, 4.69) is 9.97 Å². The Morgan fingerprint density at radius 2 is 1.97 bits per heavy atom. The summed E-state index contributed by atoms with van der Waals surface area (Å²) in [5.41, 5.74) is 2.21. The van der Waals surface area contributed by atoms with Crippen molar-refractivity contribution in [1.82, 2.24) is 9.97 Å². The number of nitrogens with one attached hydrogen (secondary N) is 1. The summed E-state index contributed by atoms with van der Waals surface area (Å²) in [7, 11) is 1.56. The predicted molar refractivity (Wildman–Crippen MR) is 113 cm³/mol. The van der Waals surface area contributed by atoms with E-state index in [-0.39, 0.29) is 19.1 Å². The number of H-pyrrole nitrogens is 1. The molecule has 4 aromatic rings. The monoisotopic (exact) mass is 426 g/mol. The molecule has 0 aliphatic heterocycles. The molecule has 154 valence electrons. The Hall–Kier alpha value is -3.29. The van der Waals surface area contributed by atoms with Gasteiger partial charge in [0.15, 0.2) is 0 Å². The lowest BCUT2D eigenvalue weighted by Crippen LogP contribution is -2.12. The second kappa shape index (κ2) is 8.61. The fourth-order valence-corrected chi connectivity index (χ4v) is 3.47. The summed E-state index contributed by atoms with van der Waals surface area (Å²) in [5.74, 6) is 1.35. The first-order valence-electron chi connectivity index (χ1n) is 9.30. The first kappa shape index (κ1) is 20.0. The number of rotatable bonds is 6. The van der Waals surface area contributed by atoms with E-state index in [1.807, 2.05) is 30.3 Å². The third kappa shape index (κ3) is 3.90. The van der Waals surface area contributed by atoms with Crippen molar-refractivity contribution >= 4 is 39.6 Å². The van der Waals surface area contributed by atoms with Crippen LogP contribution in [0.2, 0.25) is 5.02 Å². The Bertz CT molecular complexity index is 1220. The van der Waals surface area contributed by atoms with Gasteiger partial charge in [0.2, 0.25) is 5.88 Å². The predicted octanol–water partition coefficient (Wildman–Crippen LogP) is 5.84. The van der Waals surface area contributed by atoms with E-state index in [1.165, 1.54) is 0 Å². The third-order valence-corrected chi connectivity index (χ3v) is 4.68. The van der Waals surface area contributed by atoms with Crippen LogP contribution in [0, 0.1) is 0 Å². The van der Waals surface area contributed by atoms with Crippen LogP contribution >= 0.6 is 11.6 Å². The van der Waals surface area contributed by atoms with Crippen molar-refractivity contribution in [3.8, 4) is 17.4 Å². The molecule has 0 aliphatic carbocycles. The van der Waals surface area contributed by atoms with E-state index in [0.717, 1.165) is 21.8 Å². The number of benzene rings is 2. The molecule has 1 N–H and O–H groups in total. The number of aromatic nitrogens is 2. The quantitative estimate of drug-likeness (QED) is 0.390. The van der Waals surface area contributed by atoms with Crippen molar-refractivity contribution in [3.63, 3.8) is 0 Å². The van der Waals surface area contributed by atoms with Gasteiger partial charge in [0, 0.05) is 17.5 Å². The van der Waals surface area contributed by atoms with Crippen LogP contribution in [-0.2, 0) is 16.1 Å². The topological polar surface area (TPSA) is 82.7 Å². The number of methoxy groups -OCH3 is 1. The molecule has 8 heteroatoms. The minimum atomic E-state index is -0.822. The summed E-state index contributed by atoms with van der Waals surface area (Å²) >= 11 is 6.09. The lowest BCUT2D eigenvalue weighted by molar-refractivity contribution is 0.101. The average Bonchev–Trinajstić information content (AvgIpc) is 3.10. The maximum Gasteiger partial charge on any atom is 0.515 e. The van der Waals surface area contributed by atoms with Gasteiger partial charge in [0.05, 0.1) is 41.4 Å². The van der Waals surface area contributed by atoms with Gasteiger partial charge in [-0.05, 0) is 37.3 Å². The first-order valence-corrected chi connectivity index (χ1v) is 9.67. The van der Waals surface area contributed by atoms with Crippen LogP contribution < -0.4 is 9.47 Å². The molecule has 7 nitrogen and oxygen atoms in total. The number of halogens is 1. The average molecular weight is 427 g/mol. The second-order valence-electron chi connectivity index (χ2n) is 6.41. The maximum absolute atomic E-state index is 11.9. The minimum absolute atomic E-state index is 0.126.